The summed E-state index contributed by atoms with van der Waals surface area (Å²) in [6, 6.07) is 10.6. The second-order valence-electron chi connectivity index (χ2n) is 4.01. The monoisotopic (exact) mass is 254 g/mol. The van der Waals surface area contributed by atoms with Crippen LogP contribution in [0.3, 0.4) is 0 Å². The van der Waals surface area contributed by atoms with Crippen LogP contribution < -0.4 is 4.74 Å². The summed E-state index contributed by atoms with van der Waals surface area (Å²) in [5, 5.41) is 9.90. The van der Waals surface area contributed by atoms with E-state index in [0.717, 1.165) is 10.9 Å². The number of nitrogens with one attached hydrogen (secondary N) is 1. The van der Waals surface area contributed by atoms with Crippen LogP contribution in [0.1, 0.15) is 10.5 Å². The number of nitrogens with zero attached hydrogens (tertiary/aromatic N) is 1. The number of hydrogen-bond acceptors (Lipinski definition) is 3. The first-order chi connectivity index (χ1) is 9.22. The number of H-pyrrole nitrogens is 1. The van der Waals surface area contributed by atoms with Crippen LogP contribution in [0.2, 0.25) is 0 Å². The highest BCUT2D eigenvalue weighted by molar-refractivity contribution is 5.85. The molecule has 19 heavy (non-hydrogen) atoms. The van der Waals surface area contributed by atoms with Gasteiger partial charge in [-0.2, -0.15) is 0 Å². The number of carboxylic acid groups (broad SMARTS) is 1. The van der Waals surface area contributed by atoms with Crippen molar-refractivity contribution in [3.63, 3.8) is 0 Å². The molecule has 0 spiro atoms. The lowest BCUT2D eigenvalue weighted by atomic mass is 10.2. The third kappa shape index (κ3) is 2.26. The van der Waals surface area contributed by atoms with Crippen LogP contribution in [0.4, 0.5) is 0 Å². The Morgan fingerprint density at radius 2 is 2.00 bits per heavy atom. The number of aromatic nitrogens is 2. The van der Waals surface area contributed by atoms with Gasteiger partial charge in [0.1, 0.15) is 11.5 Å². The van der Waals surface area contributed by atoms with Gasteiger partial charge in [-0.05, 0) is 30.3 Å². The van der Waals surface area contributed by atoms with Crippen LogP contribution in [-0.2, 0) is 0 Å². The van der Waals surface area contributed by atoms with Crippen molar-refractivity contribution in [2.75, 3.05) is 0 Å². The van der Waals surface area contributed by atoms with Gasteiger partial charge in [-0.15, -0.1) is 0 Å². The summed E-state index contributed by atoms with van der Waals surface area (Å²) in [6.45, 7) is 0. The Labute approximate surface area is 108 Å². The van der Waals surface area contributed by atoms with E-state index >= 15 is 0 Å². The third-order valence-corrected chi connectivity index (χ3v) is 2.71. The van der Waals surface area contributed by atoms with Crippen LogP contribution >= 0.6 is 0 Å². The number of hydrogen-bond donors (Lipinski definition) is 2. The average molecular weight is 254 g/mol. The molecule has 0 atom stereocenters. The van der Waals surface area contributed by atoms with Crippen molar-refractivity contribution in [1.82, 2.24) is 9.97 Å². The summed E-state index contributed by atoms with van der Waals surface area (Å²) >= 11 is 0. The first-order valence-corrected chi connectivity index (χ1v) is 5.67. The van der Waals surface area contributed by atoms with Crippen molar-refractivity contribution in [2.45, 2.75) is 0 Å². The molecule has 0 aliphatic rings. The molecule has 0 amide bonds. The Morgan fingerprint density at radius 1 is 1.16 bits per heavy atom. The van der Waals surface area contributed by atoms with Gasteiger partial charge in [-0.25, -0.2) is 9.78 Å². The minimum absolute atomic E-state index is 0.0415. The molecule has 1 aromatic carbocycles. The second kappa shape index (κ2) is 4.45. The first kappa shape index (κ1) is 11.3. The maximum Gasteiger partial charge on any atom is 0.354 e. The lowest BCUT2D eigenvalue weighted by Crippen LogP contribution is -1.99. The van der Waals surface area contributed by atoms with E-state index in [4.69, 9.17) is 9.84 Å². The maximum atomic E-state index is 10.8. The van der Waals surface area contributed by atoms with Crippen LogP contribution in [0, 0.1) is 0 Å². The summed E-state index contributed by atoms with van der Waals surface area (Å²) < 4.78 is 5.63. The standard InChI is InChI=1S/C14H10N2O3/c17-14(18)13-8-11(4-6-16-13)19-10-1-2-12-9(7-10)3-5-15-12/h1-8,15H,(H,17,18). The summed E-state index contributed by atoms with van der Waals surface area (Å²) in [5.41, 5.74) is 0.980. The van der Waals surface area contributed by atoms with E-state index in [1.54, 1.807) is 6.07 Å². The minimum atomic E-state index is -1.08. The molecule has 3 rings (SSSR count). The van der Waals surface area contributed by atoms with E-state index < -0.39 is 5.97 Å². The Hall–Kier alpha value is -2.82. The fourth-order valence-corrected chi connectivity index (χ4v) is 1.82. The number of benzene rings is 1. The predicted molar refractivity (Wildman–Crippen MR) is 69.6 cm³/mol. The number of aromatic carboxylic acids is 1. The summed E-state index contributed by atoms with van der Waals surface area (Å²) in [4.78, 5) is 17.7. The summed E-state index contributed by atoms with van der Waals surface area (Å²) in [6.07, 6.45) is 3.26. The molecule has 0 fully saturated rings. The maximum absolute atomic E-state index is 10.8. The van der Waals surface area contributed by atoms with E-state index in [1.807, 2.05) is 30.5 Å². The number of carbonyl (C=O) groups is 1. The zero-order chi connectivity index (χ0) is 13.2. The number of rotatable bonds is 3. The van der Waals surface area contributed by atoms with Crippen molar-refractivity contribution in [1.29, 1.82) is 0 Å². The largest absolute Gasteiger partial charge is 0.477 e. The van der Waals surface area contributed by atoms with E-state index in [1.165, 1.54) is 12.3 Å². The number of carboxylic acids is 1. The number of pyridine rings is 1. The molecule has 0 radical (unpaired) electrons. The minimum Gasteiger partial charge on any atom is -0.477 e. The Bertz CT molecular complexity index is 749. The molecule has 2 aromatic heterocycles. The summed E-state index contributed by atoms with van der Waals surface area (Å²) in [7, 11) is 0. The molecule has 2 heterocycles. The van der Waals surface area contributed by atoms with E-state index in [9.17, 15) is 4.79 Å². The molecule has 2 N–H and O–H groups in total. The van der Waals surface area contributed by atoms with Crippen molar-refractivity contribution in [2.24, 2.45) is 0 Å². The Morgan fingerprint density at radius 3 is 2.84 bits per heavy atom. The van der Waals surface area contributed by atoms with E-state index in [2.05, 4.69) is 9.97 Å². The topological polar surface area (TPSA) is 75.2 Å². The Balaban J connectivity index is 1.91. The molecule has 0 aliphatic carbocycles. The van der Waals surface area contributed by atoms with Crippen LogP contribution in [0.15, 0.2) is 48.8 Å². The van der Waals surface area contributed by atoms with E-state index in [-0.39, 0.29) is 5.69 Å². The quantitative estimate of drug-likeness (QED) is 0.753. The van der Waals surface area contributed by atoms with Crippen molar-refractivity contribution in [3.8, 4) is 11.5 Å². The first-order valence-electron chi connectivity index (χ1n) is 5.67. The fourth-order valence-electron chi connectivity index (χ4n) is 1.82. The molecular formula is C14H10N2O3. The molecule has 0 unspecified atom stereocenters. The van der Waals surface area contributed by atoms with Gasteiger partial charge in [0.2, 0.25) is 0 Å². The number of ether oxygens (including phenoxy) is 1. The van der Waals surface area contributed by atoms with Gasteiger partial charge >= 0.3 is 5.97 Å². The fraction of sp³-hybridized carbons (Fsp3) is 0. The second-order valence-corrected chi connectivity index (χ2v) is 4.01. The lowest BCUT2D eigenvalue weighted by Gasteiger charge is -2.06. The lowest BCUT2D eigenvalue weighted by molar-refractivity contribution is 0.0690. The highest BCUT2D eigenvalue weighted by atomic mass is 16.5. The van der Waals surface area contributed by atoms with Gasteiger partial charge in [-0.3, -0.25) is 0 Å². The molecule has 0 saturated heterocycles. The molecule has 0 saturated carbocycles. The summed E-state index contributed by atoms with van der Waals surface area (Å²) in [5.74, 6) is 0.0171. The molecule has 5 heteroatoms. The number of aromatic amines is 1. The van der Waals surface area contributed by atoms with Gasteiger partial charge in [-0.1, -0.05) is 0 Å². The van der Waals surface area contributed by atoms with E-state index in [0.29, 0.717) is 11.5 Å². The highest BCUT2D eigenvalue weighted by Gasteiger charge is 2.06. The van der Waals surface area contributed by atoms with Crippen molar-refractivity contribution < 1.29 is 14.6 Å². The number of fused-ring (bicyclic) bond motifs is 1. The molecular weight excluding hydrogens is 244 g/mol. The van der Waals surface area contributed by atoms with Gasteiger partial charge < -0.3 is 14.8 Å². The molecule has 5 nitrogen and oxygen atoms in total. The SMILES string of the molecule is O=C(O)c1cc(Oc2ccc3[nH]ccc3c2)ccn1. The molecule has 0 bridgehead atoms. The predicted octanol–water partition coefficient (Wildman–Crippen LogP) is 3.05. The Kier molecular flexibility index (Phi) is 2.64. The average Bonchev–Trinajstić information content (AvgIpc) is 2.86. The molecule has 3 aromatic rings. The highest BCUT2D eigenvalue weighted by Crippen LogP contribution is 2.25. The van der Waals surface area contributed by atoms with Gasteiger partial charge in [0.05, 0.1) is 0 Å². The normalized spacial score (nSPS) is 10.5. The van der Waals surface area contributed by atoms with Crippen molar-refractivity contribution >= 4 is 16.9 Å². The zero-order valence-corrected chi connectivity index (χ0v) is 9.83. The molecule has 0 aliphatic heterocycles. The zero-order valence-electron chi connectivity index (χ0n) is 9.83. The van der Waals surface area contributed by atoms with Crippen molar-refractivity contribution in [3.05, 3.63) is 54.5 Å². The molecule has 94 valence electrons. The van der Waals surface area contributed by atoms with Gasteiger partial charge in [0, 0.05) is 29.4 Å². The van der Waals surface area contributed by atoms with Gasteiger partial charge in [0.15, 0.2) is 5.69 Å². The smallest absolute Gasteiger partial charge is 0.354 e. The van der Waals surface area contributed by atoms with Gasteiger partial charge in [0.25, 0.3) is 0 Å². The van der Waals surface area contributed by atoms with Crippen LogP contribution in [-0.4, -0.2) is 21.0 Å². The third-order valence-electron chi connectivity index (χ3n) is 2.71. The van der Waals surface area contributed by atoms with Crippen LogP contribution in [0.25, 0.3) is 10.9 Å². The van der Waals surface area contributed by atoms with Crippen LogP contribution in [0.5, 0.6) is 11.5 Å².